The van der Waals surface area contributed by atoms with Crippen LogP contribution in [0.2, 0.25) is 0 Å². The highest BCUT2D eigenvalue weighted by molar-refractivity contribution is 6.58. The van der Waals surface area contributed by atoms with Gasteiger partial charge in [0, 0.05) is 6.54 Å². The predicted molar refractivity (Wildman–Crippen MR) is 45.9 cm³/mol. The molecule has 1 atom stereocenters. The summed E-state index contributed by atoms with van der Waals surface area (Å²) >= 11 is 0. The Hall–Kier alpha value is -0.715. The van der Waals surface area contributed by atoms with Gasteiger partial charge in [0.15, 0.2) is 0 Å². The highest BCUT2D eigenvalue weighted by atomic mass is 19.4. The Morgan fingerprint density at radius 2 is 2.14 bits per heavy atom. The van der Waals surface area contributed by atoms with Crippen LogP contribution in [0.1, 0.15) is 12.8 Å². The lowest BCUT2D eigenvalue weighted by Crippen LogP contribution is -2.45. The number of aliphatic carboxylic acids is 1. The fourth-order valence-corrected chi connectivity index (χ4v) is 1.72. The molecule has 14 heavy (non-hydrogen) atoms. The first-order valence-corrected chi connectivity index (χ1v) is 4.54. The zero-order valence-electron chi connectivity index (χ0n) is 7.63. The molecule has 1 aliphatic rings. The van der Waals surface area contributed by atoms with Gasteiger partial charge in [-0.2, -0.15) is 0 Å². The first-order valence-electron chi connectivity index (χ1n) is 4.54. The van der Waals surface area contributed by atoms with Crippen LogP contribution >= 0.6 is 0 Å². The second kappa shape index (κ2) is 4.21. The summed E-state index contributed by atoms with van der Waals surface area (Å²) in [5.41, 5.74) is 0. The monoisotopic (exact) mass is 210 g/mol. The maximum atomic E-state index is 12.0. The number of carbonyl (C=O) groups is 1. The van der Waals surface area contributed by atoms with Crippen molar-refractivity contribution in [2.45, 2.75) is 12.8 Å². The molecule has 1 N–H and O–H groups in total. The second-order valence-corrected chi connectivity index (χ2v) is 3.65. The van der Waals surface area contributed by atoms with Gasteiger partial charge in [0.1, 0.15) is 0 Å². The largest absolute Gasteiger partial charge is 0.492 e. The lowest BCUT2D eigenvalue weighted by atomic mass is 9.88. The van der Waals surface area contributed by atoms with Crippen molar-refractivity contribution in [3.8, 4) is 0 Å². The zero-order valence-corrected chi connectivity index (χ0v) is 7.63. The molecule has 0 aromatic heterocycles. The summed E-state index contributed by atoms with van der Waals surface area (Å²) in [6.07, 6.45) is 0.0730. The van der Waals surface area contributed by atoms with Gasteiger partial charge < -0.3 is 23.0 Å². The van der Waals surface area contributed by atoms with Crippen LogP contribution in [0.3, 0.4) is 0 Å². The molecule has 1 saturated heterocycles. The van der Waals surface area contributed by atoms with Gasteiger partial charge in [-0.15, -0.1) is 0 Å². The van der Waals surface area contributed by atoms with Gasteiger partial charge in [-0.1, -0.05) is 0 Å². The summed E-state index contributed by atoms with van der Waals surface area (Å²) in [6.45, 7) is -4.46. The Balaban J connectivity index is 2.44. The SMILES string of the molecule is O=C(O)C1CCCN(C[B-](F)(F)F)C1. The summed E-state index contributed by atoms with van der Waals surface area (Å²) in [4.78, 5) is 11.7. The van der Waals surface area contributed by atoms with Crippen LogP contribution < -0.4 is 0 Å². The average molecular weight is 210 g/mol. The maximum Gasteiger partial charge on any atom is 0.492 e. The van der Waals surface area contributed by atoms with E-state index in [2.05, 4.69) is 0 Å². The van der Waals surface area contributed by atoms with Gasteiger partial charge in [-0.05, 0) is 25.8 Å². The Labute approximate surface area is 79.9 Å². The van der Waals surface area contributed by atoms with E-state index in [1.165, 1.54) is 4.90 Å². The Morgan fingerprint density at radius 1 is 1.50 bits per heavy atom. The molecule has 0 bridgehead atoms. The standard InChI is InChI=1S/C7H12BF3NO2/c9-8(10,11)5-12-3-1-2-6(4-12)7(13)14/h6H,1-5H2,(H,13,14)/q-1. The fourth-order valence-electron chi connectivity index (χ4n) is 1.72. The molecule has 1 fully saturated rings. The quantitative estimate of drug-likeness (QED) is 0.710. The molecule has 1 heterocycles. The van der Waals surface area contributed by atoms with Crippen molar-refractivity contribution in [2.75, 3.05) is 19.5 Å². The van der Waals surface area contributed by atoms with Crippen LogP contribution in [0.25, 0.3) is 0 Å². The number of likely N-dealkylation sites (tertiary alicyclic amines) is 1. The van der Waals surface area contributed by atoms with E-state index in [1.54, 1.807) is 0 Å². The lowest BCUT2D eigenvalue weighted by Gasteiger charge is -2.33. The number of carboxylic acid groups (broad SMARTS) is 1. The van der Waals surface area contributed by atoms with Gasteiger partial charge in [0.05, 0.1) is 5.92 Å². The molecule has 0 saturated carbocycles. The third kappa shape index (κ3) is 3.57. The molecule has 82 valence electrons. The van der Waals surface area contributed by atoms with E-state index in [-0.39, 0.29) is 6.54 Å². The highest BCUT2D eigenvalue weighted by Crippen LogP contribution is 2.19. The van der Waals surface area contributed by atoms with Gasteiger partial charge in [0.2, 0.25) is 0 Å². The lowest BCUT2D eigenvalue weighted by molar-refractivity contribution is -0.143. The molecule has 1 aliphatic heterocycles. The molecule has 1 unspecified atom stereocenters. The van der Waals surface area contributed by atoms with Crippen molar-refractivity contribution in [1.29, 1.82) is 0 Å². The molecule has 1 rings (SSSR count). The predicted octanol–water partition coefficient (Wildman–Crippen LogP) is 1.17. The van der Waals surface area contributed by atoms with E-state index in [9.17, 15) is 17.7 Å². The van der Waals surface area contributed by atoms with Crippen molar-refractivity contribution in [3.63, 3.8) is 0 Å². The van der Waals surface area contributed by atoms with E-state index >= 15 is 0 Å². The molecular weight excluding hydrogens is 198 g/mol. The summed E-state index contributed by atoms with van der Waals surface area (Å²) in [6, 6.07) is 0. The van der Waals surface area contributed by atoms with Crippen molar-refractivity contribution >= 4 is 12.9 Å². The summed E-state index contributed by atoms with van der Waals surface area (Å²) in [5.74, 6) is -1.63. The van der Waals surface area contributed by atoms with Crippen molar-refractivity contribution < 1.29 is 22.8 Å². The van der Waals surface area contributed by atoms with Crippen LogP contribution in [-0.4, -0.2) is 42.5 Å². The molecule has 7 heteroatoms. The van der Waals surface area contributed by atoms with Gasteiger partial charge >= 0.3 is 12.9 Å². The molecule has 0 aromatic carbocycles. The Bertz CT molecular complexity index is 221. The van der Waals surface area contributed by atoms with Crippen molar-refractivity contribution in [2.24, 2.45) is 5.92 Å². The maximum absolute atomic E-state index is 12.0. The van der Waals surface area contributed by atoms with Crippen LogP contribution in [-0.2, 0) is 4.79 Å². The minimum Gasteiger partial charge on any atom is -0.481 e. The average Bonchev–Trinajstić information content (AvgIpc) is 2.01. The van der Waals surface area contributed by atoms with E-state index in [4.69, 9.17) is 5.11 Å². The fraction of sp³-hybridized carbons (Fsp3) is 0.857. The molecule has 0 amide bonds. The number of hydrogen-bond donors (Lipinski definition) is 1. The summed E-state index contributed by atoms with van der Waals surface area (Å²) in [5, 5.41) is 8.65. The number of piperidine rings is 1. The van der Waals surface area contributed by atoms with Crippen molar-refractivity contribution in [3.05, 3.63) is 0 Å². The van der Waals surface area contributed by atoms with Crippen LogP contribution in [0.4, 0.5) is 12.9 Å². The molecule has 0 spiro atoms. The molecule has 0 aromatic rings. The van der Waals surface area contributed by atoms with Crippen LogP contribution in [0.5, 0.6) is 0 Å². The third-order valence-corrected chi connectivity index (χ3v) is 2.32. The highest BCUT2D eigenvalue weighted by Gasteiger charge is 2.31. The minimum absolute atomic E-state index is 0.0244. The minimum atomic E-state index is -4.84. The smallest absolute Gasteiger partial charge is 0.481 e. The van der Waals surface area contributed by atoms with Crippen LogP contribution in [0, 0.1) is 5.92 Å². The topological polar surface area (TPSA) is 40.5 Å². The van der Waals surface area contributed by atoms with Crippen molar-refractivity contribution in [1.82, 2.24) is 4.90 Å². The van der Waals surface area contributed by atoms with E-state index in [0.717, 1.165) is 0 Å². The Kier molecular flexibility index (Phi) is 3.41. The number of nitrogens with zero attached hydrogens (tertiary/aromatic N) is 1. The molecule has 0 aliphatic carbocycles. The van der Waals surface area contributed by atoms with E-state index in [1.807, 2.05) is 0 Å². The van der Waals surface area contributed by atoms with Gasteiger partial charge in [-0.25, -0.2) is 0 Å². The van der Waals surface area contributed by atoms with E-state index in [0.29, 0.717) is 19.4 Å². The number of hydrogen-bond acceptors (Lipinski definition) is 2. The first kappa shape index (κ1) is 11.4. The van der Waals surface area contributed by atoms with Crippen LogP contribution in [0.15, 0.2) is 0 Å². The normalized spacial score (nSPS) is 24.9. The summed E-state index contributed by atoms with van der Waals surface area (Å²) in [7, 11) is 0. The number of halogens is 3. The number of carboxylic acids is 1. The zero-order chi connectivity index (χ0) is 10.8. The molecular formula is C7H12BF3NO2-. The third-order valence-electron chi connectivity index (χ3n) is 2.32. The van der Waals surface area contributed by atoms with Gasteiger partial charge in [-0.3, -0.25) is 4.79 Å². The Morgan fingerprint density at radius 3 is 2.64 bits per heavy atom. The van der Waals surface area contributed by atoms with E-state index < -0.39 is 25.3 Å². The molecule has 0 radical (unpaired) electrons. The van der Waals surface area contributed by atoms with Gasteiger partial charge in [0.25, 0.3) is 0 Å². The number of rotatable bonds is 3. The molecule has 3 nitrogen and oxygen atoms in total. The second-order valence-electron chi connectivity index (χ2n) is 3.65. The first-order chi connectivity index (χ1) is 6.38. The summed E-state index contributed by atoms with van der Waals surface area (Å²) < 4.78 is 36.1.